The van der Waals surface area contributed by atoms with Crippen LogP contribution in [0.15, 0.2) is 47.6 Å². The molecule has 17 nitrogen and oxygen atoms in total. The van der Waals surface area contributed by atoms with Crippen molar-refractivity contribution in [3.8, 4) is 17.4 Å². The maximum atomic E-state index is 12.5. The number of pyridine rings is 1. The van der Waals surface area contributed by atoms with Gasteiger partial charge in [-0.3, -0.25) is 10.1 Å². The lowest BCUT2D eigenvalue weighted by Crippen LogP contribution is -2.36. The number of nitrogens with zero attached hydrogens (tertiary/aromatic N) is 7. The summed E-state index contributed by atoms with van der Waals surface area (Å²) >= 11 is 29.1. The lowest BCUT2D eigenvalue weighted by atomic mass is 10.2. The van der Waals surface area contributed by atoms with E-state index in [0.29, 0.717) is 5.02 Å². The summed E-state index contributed by atoms with van der Waals surface area (Å²) in [6.45, 7) is 0. The number of amides is 3. The van der Waals surface area contributed by atoms with Gasteiger partial charge in [-0.05, 0) is 30.3 Å². The topological polar surface area (TPSA) is 221 Å². The van der Waals surface area contributed by atoms with Crippen molar-refractivity contribution in [2.24, 2.45) is 0 Å². The third-order valence-corrected chi connectivity index (χ3v) is 7.74. The van der Waals surface area contributed by atoms with Gasteiger partial charge in [0.15, 0.2) is 10.9 Å². The van der Waals surface area contributed by atoms with Gasteiger partial charge < -0.3 is 19.5 Å². The van der Waals surface area contributed by atoms with Crippen molar-refractivity contribution in [2.45, 2.75) is 8.82 Å². The fourth-order valence-electron chi connectivity index (χ4n) is 3.38. The number of anilines is 1. The highest BCUT2D eigenvalue weighted by Crippen LogP contribution is 2.39. The number of aromatic nitrogens is 6. The van der Waals surface area contributed by atoms with E-state index in [9.17, 15) is 22.8 Å². The van der Waals surface area contributed by atoms with E-state index in [4.69, 9.17) is 72.6 Å². The van der Waals surface area contributed by atoms with Gasteiger partial charge in [-0.2, -0.15) is 18.4 Å². The van der Waals surface area contributed by atoms with Gasteiger partial charge in [-0.1, -0.05) is 58.0 Å². The molecule has 3 heterocycles. The molecule has 0 unspecified atom stereocenters. The van der Waals surface area contributed by atoms with Crippen LogP contribution in [0.1, 0.15) is 26.8 Å². The Morgan fingerprint density at radius 1 is 0.979 bits per heavy atom. The largest absolute Gasteiger partial charge is 0.481 e. The van der Waals surface area contributed by atoms with Gasteiger partial charge in [0.2, 0.25) is 21.5 Å². The fourth-order valence-corrected chi connectivity index (χ4v) is 5.27. The number of carboxylic acids is 1. The molecule has 4 aromatic rings. The van der Waals surface area contributed by atoms with Gasteiger partial charge in [-0.25, -0.2) is 29.0 Å². The molecule has 0 radical (unpaired) electrons. The first-order chi connectivity index (χ1) is 22.4. The van der Waals surface area contributed by atoms with E-state index >= 15 is 0 Å². The number of ether oxygens (including phenoxy) is 2. The Kier molecular flexibility index (Phi) is 12.6. The first-order valence-electron chi connectivity index (χ1n) is 12.6. The van der Waals surface area contributed by atoms with Crippen molar-refractivity contribution in [3.05, 3.63) is 69.9 Å². The Morgan fingerprint density at radius 3 is 2.12 bits per heavy atom. The molecule has 256 valence electrons. The molecule has 0 bridgehead atoms. The number of urea groups is 1. The van der Waals surface area contributed by atoms with E-state index < -0.39 is 42.6 Å². The summed E-state index contributed by atoms with van der Waals surface area (Å²) in [5.41, 5.74) is 0.101. The Bertz CT molecular complexity index is 1930. The average Bonchev–Trinajstić information content (AvgIpc) is 3.47. The summed E-state index contributed by atoms with van der Waals surface area (Å²) in [5, 5.41) is 14.9. The minimum absolute atomic E-state index is 0.0913. The summed E-state index contributed by atoms with van der Waals surface area (Å²) < 4.78 is 35.8. The van der Waals surface area contributed by atoms with Crippen LogP contribution in [0.4, 0.5) is 10.7 Å². The summed E-state index contributed by atoms with van der Waals surface area (Å²) in [7, 11) is 1.15. The number of carbonyl (C=O) groups is 3. The van der Waals surface area contributed by atoms with Gasteiger partial charge >= 0.3 is 12.0 Å². The number of hydrogen-bond acceptors (Lipinski definition) is 12. The molecule has 23 heteroatoms. The predicted octanol–water partition coefficient (Wildman–Crippen LogP) is 4.20. The van der Waals surface area contributed by atoms with E-state index in [1.54, 1.807) is 4.72 Å². The van der Waals surface area contributed by atoms with Crippen LogP contribution in [0.2, 0.25) is 10.0 Å². The fraction of sp³-hybridized carbons (Fsp3) is 0.200. The number of carbonyl (C=O) groups excluding carboxylic acids is 2. The average molecular weight is 786 g/mol. The van der Waals surface area contributed by atoms with Gasteiger partial charge in [0.25, 0.3) is 21.8 Å². The monoisotopic (exact) mass is 783 g/mol. The number of nitrogens with one attached hydrogen (secondary N) is 2. The lowest BCUT2D eigenvalue weighted by molar-refractivity contribution is 0.0683. The van der Waals surface area contributed by atoms with Crippen molar-refractivity contribution >= 4 is 91.9 Å². The van der Waals surface area contributed by atoms with E-state index in [-0.39, 0.29) is 39.8 Å². The number of methoxy groups -OCH3 is 2. The van der Waals surface area contributed by atoms with Gasteiger partial charge in [0.05, 0.1) is 36.6 Å². The number of sulfonamides is 1. The maximum Gasteiger partial charge on any atom is 0.375 e. The third kappa shape index (κ3) is 9.68. The number of benzene rings is 1. The zero-order valence-corrected chi connectivity index (χ0v) is 29.4. The van der Waals surface area contributed by atoms with Crippen molar-refractivity contribution in [1.82, 2.24) is 39.3 Å². The molecule has 0 aliphatic heterocycles. The predicted molar refractivity (Wildman–Crippen MR) is 174 cm³/mol. The Labute approximate surface area is 297 Å². The minimum atomic E-state index is -4.46. The van der Waals surface area contributed by atoms with Crippen molar-refractivity contribution in [2.75, 3.05) is 33.6 Å². The zero-order valence-electron chi connectivity index (χ0n) is 24.8. The first kappa shape index (κ1) is 38.2. The van der Waals surface area contributed by atoms with E-state index in [1.807, 2.05) is 0 Å². The molecular formula is C25H22Cl5N9O8S. The summed E-state index contributed by atoms with van der Waals surface area (Å²) in [6.07, 6.45) is 1.19. The van der Waals surface area contributed by atoms with Gasteiger partial charge in [-0.15, -0.1) is 5.10 Å². The maximum absolute atomic E-state index is 12.5. The van der Waals surface area contributed by atoms with Crippen LogP contribution in [0.3, 0.4) is 0 Å². The molecule has 0 spiro atoms. The van der Waals surface area contributed by atoms with E-state index in [1.165, 1.54) is 75.8 Å². The normalized spacial score (nSPS) is 11.1. The highest BCUT2D eigenvalue weighted by molar-refractivity contribution is 7.90. The molecule has 0 fully saturated rings. The second kappa shape index (κ2) is 15.8. The Hall–Kier alpha value is -4.20. The molecule has 1 aromatic carbocycles. The van der Waals surface area contributed by atoms with Crippen LogP contribution in [0.25, 0.3) is 5.69 Å². The zero-order chi connectivity index (χ0) is 36.0. The summed E-state index contributed by atoms with van der Waals surface area (Å²) in [5.74, 6) is -2.72. The van der Waals surface area contributed by atoms with E-state index in [2.05, 4.69) is 30.4 Å². The van der Waals surface area contributed by atoms with Crippen molar-refractivity contribution < 1.29 is 37.4 Å². The van der Waals surface area contributed by atoms with Crippen LogP contribution < -0.4 is 19.5 Å². The number of halogens is 5. The molecule has 3 amide bonds. The summed E-state index contributed by atoms with van der Waals surface area (Å²) in [4.78, 5) is 51.5. The van der Waals surface area contributed by atoms with Crippen LogP contribution in [-0.4, -0.2) is 94.4 Å². The van der Waals surface area contributed by atoms with Gasteiger partial charge in [0, 0.05) is 25.3 Å². The number of aromatic carboxylic acids is 1. The molecule has 3 aromatic heterocycles. The lowest BCUT2D eigenvalue weighted by Gasteiger charge is -2.14. The molecule has 0 aliphatic rings. The molecule has 0 atom stereocenters. The number of carboxylic acid groups (broad SMARTS) is 1. The number of hydrogen-bond donors (Lipinski definition) is 3. The first-order valence-corrected chi connectivity index (χ1v) is 16.0. The second-order valence-corrected chi connectivity index (χ2v) is 13.7. The molecule has 4 rings (SSSR count). The van der Waals surface area contributed by atoms with Crippen LogP contribution in [0.5, 0.6) is 11.8 Å². The third-order valence-electron chi connectivity index (χ3n) is 5.40. The SMILES string of the molecule is COc1cc(OC)nc(NC(=O)NS(=O)(=O)c2ncccc2C(=O)N(C)C)n1.O=C(O)c1nc(C(Cl)(Cl)Cl)n(-c2ccc(Cl)cc2Cl)n1. The molecule has 48 heavy (non-hydrogen) atoms. The van der Waals surface area contributed by atoms with Gasteiger partial charge in [0.1, 0.15) is 0 Å². The highest BCUT2D eigenvalue weighted by Gasteiger charge is 2.33. The number of alkyl halides is 3. The standard InChI is InChI=1S/C15H18N6O6S.C10H4Cl5N3O2/c1-21(2)13(22)9-6-5-7-16-12(9)28(24,25)20-15(23)19-14-17-10(26-3)8-11(18-14)27-4;11-4-1-2-6(5(12)3-4)18-9(10(13,14)15)16-7(17-18)8(19)20/h5-8H,1-4H3,(H2,17,18,19,20,23);1-3H,(H,19,20). The van der Waals surface area contributed by atoms with Crippen molar-refractivity contribution in [1.29, 1.82) is 0 Å². The minimum Gasteiger partial charge on any atom is -0.481 e. The van der Waals surface area contributed by atoms with Crippen LogP contribution in [-0.2, 0) is 13.8 Å². The highest BCUT2D eigenvalue weighted by atomic mass is 35.6. The molecule has 3 N–H and O–H groups in total. The Morgan fingerprint density at radius 2 is 1.60 bits per heavy atom. The van der Waals surface area contributed by atoms with E-state index in [0.717, 1.165) is 4.68 Å². The van der Waals surface area contributed by atoms with Crippen molar-refractivity contribution in [3.63, 3.8) is 0 Å². The van der Waals surface area contributed by atoms with Crippen LogP contribution in [0, 0.1) is 0 Å². The molecule has 0 saturated carbocycles. The number of rotatable bonds is 8. The summed E-state index contributed by atoms with van der Waals surface area (Å²) in [6, 6.07) is 7.39. The smallest absolute Gasteiger partial charge is 0.375 e. The molecule has 0 aliphatic carbocycles. The van der Waals surface area contributed by atoms with Crippen LogP contribution >= 0.6 is 58.0 Å². The Balaban J connectivity index is 0.000000275. The molecule has 0 saturated heterocycles. The second-order valence-electron chi connectivity index (χ2n) is 8.96. The molecular weight excluding hydrogens is 764 g/mol. The quantitative estimate of drug-likeness (QED) is 0.214.